The Morgan fingerprint density at radius 1 is 1.25 bits per heavy atom. The Morgan fingerprint density at radius 3 is 2.46 bits per heavy atom. The molecule has 6 nitrogen and oxygen atoms in total. The molecule has 0 aliphatic heterocycles. The van der Waals surface area contributed by atoms with Crippen molar-refractivity contribution in [1.29, 1.82) is 0 Å². The van der Waals surface area contributed by atoms with Crippen LogP contribution in [0.15, 0.2) is 0 Å². The Kier molecular flexibility index (Phi) is 8.70. The largest absolute Gasteiger partial charge is 0.480 e. The van der Waals surface area contributed by atoms with Crippen LogP contribution in [0.1, 0.15) is 65.7 Å². The number of rotatable bonds is 10. The molecule has 1 amide bonds. The van der Waals surface area contributed by atoms with Gasteiger partial charge in [0, 0.05) is 6.42 Å². The average molecular weight is 343 g/mol. The van der Waals surface area contributed by atoms with Gasteiger partial charge >= 0.3 is 5.97 Å². The molecule has 0 bridgehead atoms. The van der Waals surface area contributed by atoms with Crippen LogP contribution in [0.5, 0.6) is 0 Å². The summed E-state index contributed by atoms with van der Waals surface area (Å²) in [6, 6.07) is -0.859. The van der Waals surface area contributed by atoms with Gasteiger partial charge in [-0.05, 0) is 50.4 Å². The fraction of sp³-hybridized carbons (Fsp3) is 0.889. The minimum Gasteiger partial charge on any atom is -0.480 e. The lowest BCUT2D eigenvalue weighted by Gasteiger charge is -2.24. The van der Waals surface area contributed by atoms with Gasteiger partial charge in [-0.2, -0.15) is 0 Å². The maximum atomic E-state index is 12.3. The second-order valence-corrected chi connectivity index (χ2v) is 7.32. The van der Waals surface area contributed by atoms with E-state index in [1.807, 2.05) is 13.8 Å². The average Bonchev–Trinajstić information content (AvgIpc) is 2.84. The fourth-order valence-corrected chi connectivity index (χ4v) is 3.61. The third-order valence-electron chi connectivity index (χ3n) is 5.34. The first-order valence-electron chi connectivity index (χ1n) is 9.14. The molecule has 0 aromatic rings. The molecule has 1 aliphatic rings. The van der Waals surface area contributed by atoms with E-state index in [2.05, 4.69) is 5.32 Å². The highest BCUT2D eigenvalue weighted by Gasteiger charge is 2.36. The monoisotopic (exact) mass is 343 g/mol. The first-order valence-corrected chi connectivity index (χ1v) is 9.14. The smallest absolute Gasteiger partial charge is 0.326 e. The van der Waals surface area contributed by atoms with Crippen molar-refractivity contribution < 1.29 is 24.9 Å². The van der Waals surface area contributed by atoms with Gasteiger partial charge in [-0.15, -0.1) is 0 Å². The Bertz CT molecular complexity index is 412. The summed E-state index contributed by atoms with van der Waals surface area (Å²) in [4.78, 5) is 23.6. The second-order valence-electron chi connectivity index (χ2n) is 7.32. The number of aliphatic hydroxyl groups excluding tert-OH is 2. The maximum Gasteiger partial charge on any atom is 0.326 e. The summed E-state index contributed by atoms with van der Waals surface area (Å²) >= 11 is 0. The zero-order valence-electron chi connectivity index (χ0n) is 15.1. The van der Waals surface area contributed by atoms with Gasteiger partial charge in [0.25, 0.3) is 0 Å². The summed E-state index contributed by atoms with van der Waals surface area (Å²) in [5, 5.41) is 31.4. The van der Waals surface area contributed by atoms with Gasteiger partial charge in [0.15, 0.2) is 0 Å². The first kappa shape index (κ1) is 20.9. The van der Waals surface area contributed by atoms with E-state index in [4.69, 9.17) is 0 Å². The molecule has 0 saturated heterocycles. The molecule has 1 saturated carbocycles. The molecule has 0 aromatic carbocycles. The molecular weight excluding hydrogens is 310 g/mol. The van der Waals surface area contributed by atoms with Crippen LogP contribution in [-0.2, 0) is 9.59 Å². The molecule has 140 valence electrons. The standard InChI is InChI=1S/C18H33NO5/c1-4-11(2)17(18(23)24)19-16(22)10-13-8-9-15(21)14(13)7-5-6-12(3)20/h11-15,17,20-21H,4-10H2,1-3H3,(H,19,22)(H,23,24)/t11-,12?,13?,14?,15?,17-/m0/s1. The minimum absolute atomic E-state index is 0.0568. The van der Waals surface area contributed by atoms with Crippen LogP contribution < -0.4 is 5.32 Å². The van der Waals surface area contributed by atoms with Crippen molar-refractivity contribution in [3.63, 3.8) is 0 Å². The lowest BCUT2D eigenvalue weighted by atomic mass is 9.86. The zero-order valence-corrected chi connectivity index (χ0v) is 15.1. The molecular formula is C18H33NO5. The molecule has 0 aromatic heterocycles. The third-order valence-corrected chi connectivity index (χ3v) is 5.34. The minimum atomic E-state index is -1.00. The van der Waals surface area contributed by atoms with Gasteiger partial charge in [-0.25, -0.2) is 4.79 Å². The lowest BCUT2D eigenvalue weighted by molar-refractivity contribution is -0.143. The fourth-order valence-electron chi connectivity index (χ4n) is 3.61. The van der Waals surface area contributed by atoms with Crippen molar-refractivity contribution in [3.05, 3.63) is 0 Å². The van der Waals surface area contributed by atoms with E-state index < -0.39 is 18.1 Å². The zero-order chi connectivity index (χ0) is 18.3. The van der Waals surface area contributed by atoms with E-state index in [1.54, 1.807) is 6.92 Å². The van der Waals surface area contributed by atoms with Crippen LogP contribution in [0.3, 0.4) is 0 Å². The van der Waals surface area contributed by atoms with Crippen molar-refractivity contribution in [2.45, 2.75) is 84.0 Å². The van der Waals surface area contributed by atoms with Crippen LogP contribution in [0, 0.1) is 17.8 Å². The molecule has 24 heavy (non-hydrogen) atoms. The summed E-state index contributed by atoms with van der Waals surface area (Å²) in [6.07, 6.45) is 3.97. The number of carboxylic acids is 1. The summed E-state index contributed by atoms with van der Waals surface area (Å²) in [6.45, 7) is 5.46. The van der Waals surface area contributed by atoms with Gasteiger partial charge in [-0.3, -0.25) is 4.79 Å². The van der Waals surface area contributed by atoms with E-state index in [0.717, 1.165) is 19.3 Å². The summed E-state index contributed by atoms with van der Waals surface area (Å²) in [5.74, 6) is -1.23. The number of carboxylic acid groups (broad SMARTS) is 1. The predicted octanol–water partition coefficient (Wildman–Crippen LogP) is 1.93. The predicted molar refractivity (Wildman–Crippen MR) is 91.4 cm³/mol. The van der Waals surface area contributed by atoms with Crippen molar-refractivity contribution >= 4 is 11.9 Å². The number of amides is 1. The number of carbonyl (C=O) groups excluding carboxylic acids is 1. The van der Waals surface area contributed by atoms with E-state index in [1.165, 1.54) is 0 Å². The van der Waals surface area contributed by atoms with Crippen LogP contribution in [0.4, 0.5) is 0 Å². The SMILES string of the molecule is CC[C@H](C)[C@H](NC(=O)CC1CCC(O)C1CCCC(C)O)C(=O)O. The molecule has 4 N–H and O–H groups in total. The van der Waals surface area contributed by atoms with E-state index >= 15 is 0 Å². The van der Waals surface area contributed by atoms with Gasteiger partial charge in [0.05, 0.1) is 12.2 Å². The topological polar surface area (TPSA) is 107 Å². The van der Waals surface area contributed by atoms with Crippen LogP contribution in [-0.4, -0.2) is 45.4 Å². The molecule has 4 unspecified atom stereocenters. The van der Waals surface area contributed by atoms with Gasteiger partial charge in [-0.1, -0.05) is 26.7 Å². The Hall–Kier alpha value is -1.14. The quantitative estimate of drug-likeness (QED) is 0.485. The van der Waals surface area contributed by atoms with Gasteiger partial charge < -0.3 is 20.6 Å². The summed E-state index contributed by atoms with van der Waals surface area (Å²) < 4.78 is 0. The Labute approximate surface area is 144 Å². The molecule has 6 atom stereocenters. The molecule has 1 fully saturated rings. The van der Waals surface area contributed by atoms with Crippen LogP contribution in [0.25, 0.3) is 0 Å². The highest BCUT2D eigenvalue weighted by molar-refractivity contribution is 5.83. The van der Waals surface area contributed by atoms with Gasteiger partial charge in [0.1, 0.15) is 6.04 Å². The van der Waals surface area contributed by atoms with Crippen molar-refractivity contribution in [2.75, 3.05) is 0 Å². The van der Waals surface area contributed by atoms with E-state index in [-0.39, 0.29) is 36.2 Å². The number of aliphatic carboxylic acids is 1. The number of nitrogens with one attached hydrogen (secondary N) is 1. The summed E-state index contributed by atoms with van der Waals surface area (Å²) in [5.41, 5.74) is 0. The van der Waals surface area contributed by atoms with Crippen LogP contribution >= 0.6 is 0 Å². The van der Waals surface area contributed by atoms with Crippen molar-refractivity contribution in [3.8, 4) is 0 Å². The molecule has 1 aliphatic carbocycles. The van der Waals surface area contributed by atoms with Crippen LogP contribution in [0.2, 0.25) is 0 Å². The maximum absolute atomic E-state index is 12.3. The lowest BCUT2D eigenvalue weighted by Crippen LogP contribution is -2.45. The number of carbonyl (C=O) groups is 2. The van der Waals surface area contributed by atoms with Crippen molar-refractivity contribution in [1.82, 2.24) is 5.32 Å². The Morgan fingerprint density at radius 2 is 1.92 bits per heavy atom. The molecule has 1 rings (SSSR count). The Balaban J connectivity index is 2.55. The van der Waals surface area contributed by atoms with E-state index in [0.29, 0.717) is 19.3 Å². The molecule has 0 spiro atoms. The first-order chi connectivity index (χ1) is 11.3. The molecule has 0 radical (unpaired) electrons. The number of hydrogen-bond donors (Lipinski definition) is 4. The second kappa shape index (κ2) is 9.99. The highest BCUT2D eigenvalue weighted by Crippen LogP contribution is 2.37. The van der Waals surface area contributed by atoms with Gasteiger partial charge in [0.2, 0.25) is 5.91 Å². The van der Waals surface area contributed by atoms with Crippen molar-refractivity contribution in [2.24, 2.45) is 17.8 Å². The molecule has 6 heteroatoms. The third kappa shape index (κ3) is 6.40. The van der Waals surface area contributed by atoms with E-state index in [9.17, 15) is 24.9 Å². The number of aliphatic hydroxyl groups is 2. The normalized spacial score (nSPS) is 27.5. The summed E-state index contributed by atoms with van der Waals surface area (Å²) in [7, 11) is 0. The molecule has 0 heterocycles. The number of hydrogen-bond acceptors (Lipinski definition) is 4. The highest BCUT2D eigenvalue weighted by atomic mass is 16.4.